The van der Waals surface area contributed by atoms with Crippen LogP contribution in [0.3, 0.4) is 0 Å². The average molecular weight is 1040 g/mol. The summed E-state index contributed by atoms with van der Waals surface area (Å²) in [5, 5.41) is 46.6. The maximum Gasteiger partial charge on any atom is 0.340 e. The second kappa shape index (κ2) is 19.5. The van der Waals surface area contributed by atoms with Crippen molar-refractivity contribution in [1.82, 2.24) is 10.6 Å². The smallest absolute Gasteiger partial charge is 0.340 e. The summed E-state index contributed by atoms with van der Waals surface area (Å²) < 4.78 is 36.0. The van der Waals surface area contributed by atoms with Gasteiger partial charge in [-0.25, -0.2) is 9.59 Å². The molecule has 0 unspecified atom stereocenters. The van der Waals surface area contributed by atoms with Crippen LogP contribution in [-0.4, -0.2) is 70.5 Å². The summed E-state index contributed by atoms with van der Waals surface area (Å²) >= 11 is 0. The number of fused-ring (bicyclic) bond motifs is 12. The monoisotopic (exact) mass is 1040 g/mol. The van der Waals surface area contributed by atoms with Crippen LogP contribution in [0.15, 0.2) is 170 Å². The normalized spacial score (nSPS) is 14.4. The van der Waals surface area contributed by atoms with Crippen LogP contribution < -0.4 is 29.6 Å². The highest BCUT2D eigenvalue weighted by molar-refractivity contribution is 6.03. The van der Waals surface area contributed by atoms with Crippen molar-refractivity contribution in [1.29, 1.82) is 0 Å². The lowest BCUT2D eigenvalue weighted by Crippen LogP contribution is -2.33. The SMILES string of the molecule is O=C(NCCc1ccc(OC/C=C\COc2ccc(CCNC(=O)c3ccc4c(c3)C(=O)OC43c4ccc(O)cc4Oc4cc(O)ccc43)cc2)cc1)c1ccc2c(c1)C(=O)OC21c2ccc(O)cc2Oc2cc(O)ccc21. The number of phenols is 4. The number of hydrogen-bond donors (Lipinski definition) is 6. The minimum Gasteiger partial charge on any atom is -0.508 e. The molecule has 0 radical (unpaired) electrons. The van der Waals surface area contributed by atoms with E-state index in [1.54, 1.807) is 48.5 Å². The molecule has 16 nitrogen and oxygen atoms in total. The summed E-state index contributed by atoms with van der Waals surface area (Å²) in [5.41, 5.74) is 3.14. The van der Waals surface area contributed by atoms with Crippen molar-refractivity contribution in [3.05, 3.63) is 237 Å². The Labute approximate surface area is 445 Å². The molecule has 0 aliphatic carbocycles. The first-order chi connectivity index (χ1) is 37.9. The van der Waals surface area contributed by atoms with Gasteiger partial charge in [-0.15, -0.1) is 0 Å². The Balaban J connectivity index is 0.579. The van der Waals surface area contributed by atoms with E-state index in [0.29, 0.717) is 84.0 Å². The Kier molecular flexibility index (Phi) is 12.2. The van der Waals surface area contributed by atoms with E-state index in [2.05, 4.69) is 10.6 Å². The second-order valence-corrected chi connectivity index (χ2v) is 19.0. The predicted molar refractivity (Wildman–Crippen MR) is 281 cm³/mol. The van der Waals surface area contributed by atoms with Crippen molar-refractivity contribution >= 4 is 23.8 Å². The fraction of sp³-hybridized carbons (Fsp3) is 0.129. The molecular formula is C62H46N2O14. The lowest BCUT2D eigenvalue weighted by atomic mass is 9.77. The van der Waals surface area contributed by atoms with Crippen molar-refractivity contribution in [2.24, 2.45) is 0 Å². The molecule has 388 valence electrons. The molecule has 4 aliphatic rings. The van der Waals surface area contributed by atoms with Crippen molar-refractivity contribution in [3.63, 3.8) is 0 Å². The van der Waals surface area contributed by atoms with Crippen molar-refractivity contribution in [2.75, 3.05) is 26.3 Å². The molecule has 0 saturated carbocycles. The van der Waals surface area contributed by atoms with Crippen LogP contribution in [0.5, 0.6) is 57.5 Å². The summed E-state index contributed by atoms with van der Waals surface area (Å²) in [6.07, 6.45) is 4.83. The van der Waals surface area contributed by atoms with Gasteiger partial charge in [0.2, 0.25) is 0 Å². The molecule has 2 spiro atoms. The van der Waals surface area contributed by atoms with E-state index in [1.165, 1.54) is 60.7 Å². The van der Waals surface area contributed by atoms with Crippen LogP contribution in [0.1, 0.15) is 85.9 Å². The topological polar surface area (TPSA) is 229 Å². The maximum absolute atomic E-state index is 13.5. The fourth-order valence-corrected chi connectivity index (χ4v) is 10.5. The minimum atomic E-state index is -1.42. The number of hydrogen-bond acceptors (Lipinski definition) is 14. The van der Waals surface area contributed by atoms with E-state index in [9.17, 15) is 39.6 Å². The van der Waals surface area contributed by atoms with Gasteiger partial charge in [0.25, 0.3) is 11.8 Å². The largest absolute Gasteiger partial charge is 0.508 e. The number of carbonyl (C=O) groups is 4. The number of ether oxygens (including phenoxy) is 6. The molecular weight excluding hydrogens is 997 g/mol. The number of esters is 2. The third kappa shape index (κ3) is 8.64. The summed E-state index contributed by atoms with van der Waals surface area (Å²) in [6.45, 7) is 1.33. The van der Waals surface area contributed by atoms with E-state index in [0.717, 1.165) is 11.1 Å². The molecule has 16 heteroatoms. The molecule has 0 atom stereocenters. The standard InChI is InChI=1S/C62H46N2O14/c65-39-9-19-49-53(31-39)75-54-32-40(66)10-20-50(54)61(49)47-17-7-37(29-45(47)59(71)77-61)57(69)63-25-23-35-3-13-43(14-4-35)73-27-1-2-28-74-44-15-5-36(6-16-44)24-26-64-58(70)38-8-18-48-46(30-38)60(72)78-62(48)51-21-11-41(67)33-55(51)76-56-34-42(68)12-22-52(56)62/h1-22,29-34,65-68H,23-28H2,(H,63,69)(H,64,70)/b2-1-. The Hall–Kier alpha value is -10.2. The molecule has 4 aliphatic heterocycles. The van der Waals surface area contributed by atoms with Crippen LogP contribution in [-0.2, 0) is 33.5 Å². The van der Waals surface area contributed by atoms with Crippen LogP contribution in [0.25, 0.3) is 0 Å². The van der Waals surface area contributed by atoms with E-state index in [-0.39, 0.29) is 80.1 Å². The van der Waals surface area contributed by atoms with E-state index in [1.807, 2.05) is 60.7 Å². The Morgan fingerprint density at radius 3 is 1.12 bits per heavy atom. The number of aromatic hydroxyl groups is 4. The van der Waals surface area contributed by atoms with Crippen molar-refractivity contribution < 1.29 is 68.0 Å². The Morgan fingerprint density at radius 1 is 0.436 bits per heavy atom. The highest BCUT2D eigenvalue weighted by Crippen LogP contribution is 2.59. The fourth-order valence-electron chi connectivity index (χ4n) is 10.5. The number of carbonyl (C=O) groups excluding carboxylic acids is 4. The third-order valence-corrected chi connectivity index (χ3v) is 14.2. The molecule has 8 aromatic carbocycles. The van der Waals surface area contributed by atoms with Crippen LogP contribution in [0.4, 0.5) is 0 Å². The van der Waals surface area contributed by atoms with Crippen LogP contribution in [0, 0.1) is 0 Å². The maximum atomic E-state index is 13.5. The summed E-state index contributed by atoms with van der Waals surface area (Å²) in [4.78, 5) is 53.6. The van der Waals surface area contributed by atoms with E-state index in [4.69, 9.17) is 28.4 Å². The van der Waals surface area contributed by atoms with E-state index >= 15 is 0 Å². The number of nitrogens with one attached hydrogen (secondary N) is 2. The van der Waals surface area contributed by atoms with E-state index < -0.39 is 23.1 Å². The zero-order valence-corrected chi connectivity index (χ0v) is 41.3. The number of benzene rings is 8. The third-order valence-electron chi connectivity index (χ3n) is 14.2. The first-order valence-corrected chi connectivity index (χ1v) is 25.0. The lowest BCUT2D eigenvalue weighted by molar-refractivity contribution is 0.0214. The molecule has 0 saturated heterocycles. The lowest BCUT2D eigenvalue weighted by Gasteiger charge is -2.36. The summed E-state index contributed by atoms with van der Waals surface area (Å²) in [6, 6.07) is 43.0. The molecule has 0 bridgehead atoms. The first kappa shape index (κ1) is 48.7. The zero-order valence-electron chi connectivity index (χ0n) is 41.3. The number of phenolic OH excluding ortho intramolecular Hbond substituents is 4. The molecule has 0 aromatic heterocycles. The Morgan fingerprint density at radius 2 is 0.769 bits per heavy atom. The van der Waals surface area contributed by atoms with Crippen molar-refractivity contribution in [2.45, 2.75) is 24.0 Å². The van der Waals surface area contributed by atoms with Gasteiger partial charge in [0.05, 0.1) is 11.1 Å². The molecule has 8 aromatic rings. The van der Waals surface area contributed by atoms with Gasteiger partial charge in [-0.2, -0.15) is 0 Å². The zero-order chi connectivity index (χ0) is 53.7. The Bertz CT molecular complexity index is 3450. The molecule has 0 fully saturated rings. The van der Waals surface area contributed by atoms with Gasteiger partial charge in [0.15, 0.2) is 11.2 Å². The van der Waals surface area contributed by atoms with Gasteiger partial charge >= 0.3 is 11.9 Å². The molecule has 78 heavy (non-hydrogen) atoms. The minimum absolute atomic E-state index is 0.0446. The van der Waals surface area contributed by atoms with Gasteiger partial charge in [0.1, 0.15) is 70.7 Å². The molecule has 4 heterocycles. The molecule has 2 amide bonds. The predicted octanol–water partition coefficient (Wildman–Crippen LogP) is 9.60. The summed E-state index contributed by atoms with van der Waals surface area (Å²) in [5.74, 6) is 0.283. The number of amides is 2. The highest BCUT2D eigenvalue weighted by atomic mass is 16.6. The quantitative estimate of drug-likeness (QED) is 0.0440. The van der Waals surface area contributed by atoms with Gasteiger partial charge in [0, 0.05) is 81.9 Å². The van der Waals surface area contributed by atoms with Gasteiger partial charge in [-0.3, -0.25) is 9.59 Å². The first-order valence-electron chi connectivity index (χ1n) is 25.0. The van der Waals surface area contributed by atoms with Gasteiger partial charge in [-0.1, -0.05) is 36.4 Å². The van der Waals surface area contributed by atoms with Crippen LogP contribution in [0.2, 0.25) is 0 Å². The second-order valence-electron chi connectivity index (χ2n) is 19.0. The average Bonchev–Trinajstić information content (AvgIpc) is 4.03. The summed E-state index contributed by atoms with van der Waals surface area (Å²) in [7, 11) is 0. The highest BCUT2D eigenvalue weighted by Gasteiger charge is 2.55. The van der Waals surface area contributed by atoms with Gasteiger partial charge in [-0.05, 0) is 133 Å². The van der Waals surface area contributed by atoms with Crippen LogP contribution >= 0.6 is 0 Å². The number of rotatable bonds is 14. The molecule has 6 N–H and O–H groups in total. The van der Waals surface area contributed by atoms with Gasteiger partial charge < -0.3 is 59.5 Å². The molecule has 12 rings (SSSR count). The van der Waals surface area contributed by atoms with Crippen molar-refractivity contribution in [3.8, 4) is 57.5 Å².